The number of ketones is 1. The molecule has 12 aliphatic carbocycles. The first-order valence-electron chi connectivity index (χ1n) is 36.2. The van der Waals surface area contributed by atoms with E-state index in [1.807, 2.05) is 30.1 Å². The van der Waals surface area contributed by atoms with Crippen LogP contribution in [0.4, 0.5) is 0 Å². The van der Waals surface area contributed by atoms with Crippen LogP contribution in [-0.4, -0.2) is 132 Å². The molecule has 14 aliphatic rings. The molecule has 6 bridgehead atoms. The largest absolute Gasteiger partial charge is 0.396 e. The lowest BCUT2D eigenvalue weighted by Gasteiger charge is -2.69. The second-order valence-corrected chi connectivity index (χ2v) is 36.5. The Labute approximate surface area is 539 Å². The molecule has 11 N–H and O–H groups in total. The quantitative estimate of drug-likeness (QED) is 0.0327. The maximum atomic E-state index is 16.5. The Hall–Kier alpha value is -2.25. The van der Waals surface area contributed by atoms with Crippen LogP contribution >= 0.6 is 21.6 Å². The number of rotatable bonds is 11. The van der Waals surface area contributed by atoms with Crippen LogP contribution in [0.1, 0.15) is 188 Å². The predicted octanol–water partition coefficient (Wildman–Crippen LogP) is 9.91. The van der Waals surface area contributed by atoms with Gasteiger partial charge < -0.3 is 56.9 Å². The van der Waals surface area contributed by atoms with Gasteiger partial charge in [0, 0.05) is 77.0 Å². The average molecular weight is 1260 g/mol. The van der Waals surface area contributed by atoms with E-state index >= 15 is 15.0 Å². The third-order valence-electron chi connectivity index (χ3n) is 29.6. The summed E-state index contributed by atoms with van der Waals surface area (Å²) in [5, 5.41) is 91.3. The molecular weight excluding hydrogens is 1150 g/mol. The fraction of sp³-hybridized carbons (Fsp3) is 0.849. The van der Waals surface area contributed by atoms with Gasteiger partial charge in [-0.15, -0.1) is 0 Å². The molecule has 16 heteroatoms. The van der Waals surface area contributed by atoms with Crippen LogP contribution in [0.15, 0.2) is 57.7 Å². The van der Waals surface area contributed by atoms with Crippen LogP contribution < -0.4 is 21.7 Å². The second-order valence-electron chi connectivity index (χ2n) is 33.8. The number of aliphatic hydroxyl groups excluding tert-OH is 5. The minimum atomic E-state index is -1.71. The molecule has 2 aliphatic heterocycles. The average Bonchev–Trinajstić information content (AvgIpc) is 1.57. The lowest BCUT2D eigenvalue weighted by atomic mass is 9.37. The van der Waals surface area contributed by atoms with Crippen LogP contribution in [0.5, 0.6) is 0 Å². The zero-order valence-corrected chi connectivity index (χ0v) is 56.3. The van der Waals surface area contributed by atoms with E-state index < -0.39 is 69.4 Å². The third-order valence-corrected chi connectivity index (χ3v) is 33.1. The number of nitrogens with two attached hydrogens (primary N) is 1. The Kier molecular flexibility index (Phi) is 16.2. The van der Waals surface area contributed by atoms with Crippen molar-refractivity contribution >= 4 is 33.3 Å². The number of piperidine rings is 1. The van der Waals surface area contributed by atoms with E-state index in [2.05, 4.69) is 71.5 Å². The van der Waals surface area contributed by atoms with Crippen LogP contribution in [0, 0.1) is 116 Å². The number of guanidine groups is 1. The van der Waals surface area contributed by atoms with Gasteiger partial charge in [0.15, 0.2) is 11.7 Å². The third kappa shape index (κ3) is 8.91. The van der Waals surface area contributed by atoms with Crippen LogP contribution in [0.3, 0.4) is 0 Å². The van der Waals surface area contributed by atoms with E-state index in [1.165, 1.54) is 38.5 Å². The summed E-state index contributed by atoms with van der Waals surface area (Å²) in [5.41, 5.74) is 10.3. The Morgan fingerprint density at radius 1 is 0.933 bits per heavy atom. The second kappa shape index (κ2) is 23.0. The Balaban J connectivity index is 1.02. The summed E-state index contributed by atoms with van der Waals surface area (Å²) in [6.45, 7) is 13.4. The fourth-order valence-corrected chi connectivity index (χ4v) is 31.6. The van der Waals surface area contributed by atoms with Crippen molar-refractivity contribution in [3.63, 3.8) is 0 Å². The molecule has 0 amide bonds. The molecule has 15 rings (SSSR count). The van der Waals surface area contributed by atoms with Crippen molar-refractivity contribution in [2.75, 3.05) is 45.6 Å². The minimum absolute atomic E-state index is 0.0787. The van der Waals surface area contributed by atoms with Crippen molar-refractivity contribution in [2.24, 2.45) is 127 Å². The van der Waals surface area contributed by atoms with Gasteiger partial charge in [-0.3, -0.25) is 9.79 Å². The number of nitrogens with zero attached hydrogens (tertiary/aromatic N) is 3. The smallest absolute Gasteiger partial charge is 0.190 e. The van der Waals surface area contributed by atoms with E-state index in [4.69, 9.17) is 15.7 Å². The molecule has 2 saturated heterocycles. The highest BCUT2D eigenvalue weighted by Gasteiger charge is 2.83. The number of carbonyl (C=O) groups excluding carboxylic acids is 1. The van der Waals surface area contributed by atoms with Crippen molar-refractivity contribution in [1.82, 2.24) is 25.5 Å². The molecule has 0 radical (unpaired) electrons. The Morgan fingerprint density at radius 2 is 1.75 bits per heavy atom. The topological polar surface area (TPSA) is 231 Å². The van der Waals surface area contributed by atoms with Crippen molar-refractivity contribution in [1.29, 1.82) is 0 Å². The summed E-state index contributed by atoms with van der Waals surface area (Å²) in [4.78, 5) is 26.6. The lowest BCUT2D eigenvalue weighted by Crippen LogP contribution is -2.73. The zero-order chi connectivity index (χ0) is 62.0. The molecule has 89 heavy (non-hydrogen) atoms. The van der Waals surface area contributed by atoms with Gasteiger partial charge in [-0.05, 0) is 242 Å². The van der Waals surface area contributed by atoms with Gasteiger partial charge in [0.25, 0.3) is 0 Å². The van der Waals surface area contributed by atoms with Gasteiger partial charge in [-0.2, -0.15) is 0 Å². The molecular formula is C73H111N7O7S2. The molecule has 0 unspecified atom stereocenters. The van der Waals surface area contributed by atoms with Crippen LogP contribution in [0.2, 0.25) is 0 Å². The highest BCUT2D eigenvalue weighted by atomic mass is 33.1. The van der Waals surface area contributed by atoms with E-state index in [-0.39, 0.29) is 95.0 Å². The number of imidazole rings is 1. The van der Waals surface area contributed by atoms with E-state index in [1.54, 1.807) is 29.2 Å². The first-order valence-corrected chi connectivity index (χ1v) is 38.6. The molecule has 3 heterocycles. The first-order chi connectivity index (χ1) is 42.8. The van der Waals surface area contributed by atoms with Crippen molar-refractivity contribution in [2.45, 2.75) is 223 Å². The van der Waals surface area contributed by atoms with Gasteiger partial charge in [0.2, 0.25) is 0 Å². The van der Waals surface area contributed by atoms with Crippen molar-refractivity contribution < 1.29 is 35.4 Å². The SMILES string of the molecule is CNC[C@@H]1[C@@H](O)[C@@H](O)C[C@@]2(CCCC(C)C)[C@@H]1C(=O)C=C1[C@@H]2[C@H](CN=C(N)N[C@@H](C)O)[C@@H]2CC[C@@H]3[C@@H]4[C@H](O)[C@@H]5C6=C(CCC[C@H]63)[C@H]3C(=C5C(C)(C)C[C@@H](n5ccnc5)CSS[C@@]5(CCCC56CCNCC6)[C@H]5C[C@H]4[C@]2(CO)[C@]15O)C[C@H]1CC[C@H]2CCC[C@]23C1. The molecule has 24 atom stereocenters. The van der Waals surface area contributed by atoms with E-state index in [0.29, 0.717) is 37.1 Å². The highest BCUT2D eigenvalue weighted by Crippen LogP contribution is 2.83. The molecule has 9 saturated carbocycles. The number of aliphatic hydroxyl groups is 6. The number of nitrogens with one attached hydrogen (secondary N) is 3. The van der Waals surface area contributed by atoms with Crippen LogP contribution in [0.25, 0.3) is 0 Å². The molecule has 14 nitrogen and oxygen atoms in total. The molecule has 3 spiro atoms. The number of aromatic nitrogens is 2. The summed E-state index contributed by atoms with van der Waals surface area (Å²) in [7, 11) is 5.98. The van der Waals surface area contributed by atoms with Gasteiger partial charge in [-0.1, -0.05) is 97.3 Å². The van der Waals surface area contributed by atoms with Gasteiger partial charge in [0.05, 0.1) is 36.8 Å². The Morgan fingerprint density at radius 3 is 2.51 bits per heavy atom. The number of fused-ring (bicyclic) bond motifs is 12. The molecule has 11 fully saturated rings. The summed E-state index contributed by atoms with van der Waals surface area (Å²) in [6, 6.07) is 0.111. The van der Waals surface area contributed by atoms with E-state index in [9.17, 15) is 20.4 Å². The number of hydrogen-bond acceptors (Lipinski definition) is 13. The van der Waals surface area contributed by atoms with Gasteiger partial charge >= 0.3 is 0 Å². The fourth-order valence-electron chi connectivity index (χ4n) is 27.4. The standard InChI is InChI=1S/C73H111N7O7S2/c1-40(2)11-8-21-70-34-55(84)64(85)50(35-75-6)62(70)54(83)30-53-61(70)49(36-78-66(74)79-41(3)82)51-18-17-46-45-13-7-14-47-57(45)59-63(48-29-42-15-16-43-12-9-20-69(43,32-42)60(47)48)67(4,5)33-44(80-28-27-77-39-80)37-88-89-72(22-10-19-68(72)23-25-76-26-24-68)56-31-52(58(46)65(59)86)71(51,38-81)73(53,56)87/h27-28,30,39-46,49-52,55-56,58-62,64-65,75-76,81-82,84-87H,7-26,29,31-38H2,1-6H3,(H3,74,78,79)/t41-,42-,43-,44-,45+,46+,49-,50+,51+,52-,55+,56-,58+,59-,60+,61+,62+,64-,65+,69+,70-,71-,72+,73+/m1/s1. The maximum absolute atomic E-state index is 16.5. The lowest BCUT2D eigenvalue weighted by molar-refractivity contribution is -0.224. The van der Waals surface area contributed by atoms with Crippen LogP contribution in [-0.2, 0) is 4.79 Å². The minimum Gasteiger partial charge on any atom is -0.396 e. The predicted molar refractivity (Wildman–Crippen MR) is 353 cm³/mol. The summed E-state index contributed by atoms with van der Waals surface area (Å²) in [5.74, 6) is 0.00963. The number of hydrogen-bond donors (Lipinski definition) is 10. The van der Waals surface area contributed by atoms with Crippen molar-refractivity contribution in [3.05, 3.63) is 52.7 Å². The highest BCUT2D eigenvalue weighted by molar-refractivity contribution is 8.77. The summed E-state index contributed by atoms with van der Waals surface area (Å²) in [6.07, 6.45) is 27.3. The monoisotopic (exact) mass is 1260 g/mol. The number of aliphatic imine (C=N–C) groups is 1. The Bertz CT molecular complexity index is 3000. The van der Waals surface area contributed by atoms with Crippen molar-refractivity contribution in [3.8, 4) is 0 Å². The molecule has 1 aromatic rings. The number of carbonyl (C=O) groups is 1. The van der Waals surface area contributed by atoms with Gasteiger partial charge in [0.1, 0.15) is 6.23 Å². The van der Waals surface area contributed by atoms with Gasteiger partial charge in [-0.25, -0.2) is 4.98 Å². The first kappa shape index (κ1) is 62.8. The summed E-state index contributed by atoms with van der Waals surface area (Å²) < 4.78 is 1.91. The zero-order valence-electron chi connectivity index (χ0n) is 54.7. The summed E-state index contributed by atoms with van der Waals surface area (Å²) >= 11 is 0. The molecule has 1 aromatic heterocycles. The maximum Gasteiger partial charge on any atom is 0.190 e. The van der Waals surface area contributed by atoms with E-state index in [0.717, 1.165) is 120 Å². The number of allylic oxidation sites excluding steroid dienone is 3. The molecule has 0 aromatic carbocycles. The molecule has 492 valence electrons. The normalized spacial score (nSPS) is 47.9.